The Balaban J connectivity index is 3.25. The highest BCUT2D eigenvalue weighted by atomic mass is 16.5. The SMILES string of the molecule is COc1c[c]c(C)c(O)c1C. The van der Waals surface area contributed by atoms with Crippen LogP contribution in [0.2, 0.25) is 0 Å². The summed E-state index contributed by atoms with van der Waals surface area (Å²) in [6.45, 7) is 3.62. The molecule has 1 radical (unpaired) electrons. The van der Waals surface area contributed by atoms with Gasteiger partial charge in [0, 0.05) is 5.56 Å². The van der Waals surface area contributed by atoms with E-state index in [1.54, 1.807) is 13.2 Å². The van der Waals surface area contributed by atoms with E-state index in [0.29, 0.717) is 5.75 Å². The van der Waals surface area contributed by atoms with Gasteiger partial charge in [-0.15, -0.1) is 0 Å². The highest BCUT2D eigenvalue weighted by Crippen LogP contribution is 2.28. The average Bonchev–Trinajstić information content (AvgIpc) is 2.01. The van der Waals surface area contributed by atoms with Crippen molar-refractivity contribution < 1.29 is 9.84 Å². The second-order valence-electron chi connectivity index (χ2n) is 2.46. The van der Waals surface area contributed by atoms with Gasteiger partial charge in [0.1, 0.15) is 11.5 Å². The Morgan fingerprint density at radius 1 is 1.45 bits per heavy atom. The van der Waals surface area contributed by atoms with Crippen LogP contribution in [-0.2, 0) is 0 Å². The van der Waals surface area contributed by atoms with Gasteiger partial charge in [-0.2, -0.15) is 0 Å². The van der Waals surface area contributed by atoms with Crippen LogP contribution in [-0.4, -0.2) is 12.2 Å². The van der Waals surface area contributed by atoms with E-state index < -0.39 is 0 Å². The second-order valence-corrected chi connectivity index (χ2v) is 2.46. The van der Waals surface area contributed by atoms with Gasteiger partial charge in [-0.1, -0.05) is 0 Å². The molecule has 1 N–H and O–H groups in total. The topological polar surface area (TPSA) is 29.5 Å². The molecule has 0 atom stereocenters. The molecule has 1 aromatic carbocycles. The summed E-state index contributed by atoms with van der Waals surface area (Å²) < 4.78 is 4.99. The van der Waals surface area contributed by atoms with Crippen molar-refractivity contribution in [2.45, 2.75) is 13.8 Å². The van der Waals surface area contributed by atoms with Gasteiger partial charge < -0.3 is 9.84 Å². The van der Waals surface area contributed by atoms with Crippen molar-refractivity contribution in [3.05, 3.63) is 23.3 Å². The van der Waals surface area contributed by atoms with Gasteiger partial charge in [0.2, 0.25) is 0 Å². The molecule has 1 aromatic rings. The third kappa shape index (κ3) is 1.29. The van der Waals surface area contributed by atoms with Crippen LogP contribution in [0.5, 0.6) is 11.5 Å². The van der Waals surface area contributed by atoms with Crippen LogP contribution in [0.25, 0.3) is 0 Å². The van der Waals surface area contributed by atoms with Crippen molar-refractivity contribution in [2.24, 2.45) is 0 Å². The molecule has 0 bridgehead atoms. The highest BCUT2D eigenvalue weighted by Gasteiger charge is 2.05. The molecule has 0 heterocycles. The highest BCUT2D eigenvalue weighted by molar-refractivity contribution is 5.46. The smallest absolute Gasteiger partial charge is 0.126 e. The van der Waals surface area contributed by atoms with Crippen LogP contribution in [0.1, 0.15) is 11.1 Å². The Morgan fingerprint density at radius 2 is 2.09 bits per heavy atom. The number of aromatic hydroxyl groups is 1. The standard InChI is InChI=1S/C9H11O2/c1-6-4-5-8(11-3)7(2)9(6)10/h5,10H,1-3H3. The maximum Gasteiger partial charge on any atom is 0.126 e. The number of hydrogen-bond donors (Lipinski definition) is 1. The lowest BCUT2D eigenvalue weighted by molar-refractivity contribution is 0.401. The van der Waals surface area contributed by atoms with Crippen molar-refractivity contribution >= 4 is 0 Å². The van der Waals surface area contributed by atoms with E-state index >= 15 is 0 Å². The summed E-state index contributed by atoms with van der Waals surface area (Å²) in [4.78, 5) is 0. The van der Waals surface area contributed by atoms with E-state index in [1.807, 2.05) is 13.8 Å². The van der Waals surface area contributed by atoms with E-state index in [-0.39, 0.29) is 5.75 Å². The normalized spacial score (nSPS) is 9.73. The fourth-order valence-electron chi connectivity index (χ4n) is 0.960. The summed E-state index contributed by atoms with van der Waals surface area (Å²) >= 11 is 0. The zero-order valence-corrected chi connectivity index (χ0v) is 6.93. The summed E-state index contributed by atoms with van der Waals surface area (Å²) in [6, 6.07) is 4.61. The fraction of sp³-hybridized carbons (Fsp3) is 0.333. The Kier molecular flexibility index (Phi) is 2.03. The molecule has 0 saturated heterocycles. The zero-order chi connectivity index (χ0) is 8.43. The second kappa shape index (κ2) is 2.82. The number of ether oxygens (including phenoxy) is 1. The molecule has 0 spiro atoms. The van der Waals surface area contributed by atoms with Gasteiger partial charge in [0.15, 0.2) is 0 Å². The van der Waals surface area contributed by atoms with Crippen molar-refractivity contribution in [1.29, 1.82) is 0 Å². The molecule has 11 heavy (non-hydrogen) atoms. The van der Waals surface area contributed by atoms with Crippen molar-refractivity contribution in [2.75, 3.05) is 7.11 Å². The van der Waals surface area contributed by atoms with Crippen LogP contribution < -0.4 is 4.74 Å². The van der Waals surface area contributed by atoms with E-state index in [9.17, 15) is 5.11 Å². The van der Waals surface area contributed by atoms with E-state index in [2.05, 4.69) is 6.07 Å². The third-order valence-corrected chi connectivity index (χ3v) is 1.72. The van der Waals surface area contributed by atoms with Crippen LogP contribution in [0.3, 0.4) is 0 Å². The molecule has 0 aliphatic heterocycles. The quantitative estimate of drug-likeness (QED) is 0.663. The minimum Gasteiger partial charge on any atom is -0.507 e. The Hall–Kier alpha value is -1.18. The summed E-state index contributed by atoms with van der Waals surface area (Å²) in [5.74, 6) is 0.942. The minimum atomic E-state index is 0.268. The van der Waals surface area contributed by atoms with Crippen molar-refractivity contribution in [3.8, 4) is 11.5 Å². The van der Waals surface area contributed by atoms with Crippen molar-refractivity contribution in [3.63, 3.8) is 0 Å². The number of aryl methyl sites for hydroxylation is 1. The number of phenolic OH excluding ortho intramolecular Hbond substituents is 1. The maximum atomic E-state index is 9.41. The van der Waals surface area contributed by atoms with Crippen LogP contribution >= 0.6 is 0 Å². The maximum absolute atomic E-state index is 9.41. The van der Waals surface area contributed by atoms with Crippen molar-refractivity contribution in [1.82, 2.24) is 0 Å². The molecule has 59 valence electrons. The van der Waals surface area contributed by atoms with Gasteiger partial charge in [-0.3, -0.25) is 0 Å². The van der Waals surface area contributed by atoms with Gasteiger partial charge in [0.05, 0.1) is 7.11 Å². The lowest BCUT2D eigenvalue weighted by Crippen LogP contribution is -1.88. The fourth-order valence-corrected chi connectivity index (χ4v) is 0.960. The molecule has 0 amide bonds. The van der Waals surface area contributed by atoms with Crippen LogP contribution in [0.15, 0.2) is 6.07 Å². The Bertz CT molecular complexity index is 267. The largest absolute Gasteiger partial charge is 0.507 e. The summed E-state index contributed by atoms with van der Waals surface area (Å²) in [5.41, 5.74) is 1.52. The Morgan fingerprint density at radius 3 is 2.64 bits per heavy atom. The molecule has 0 aliphatic carbocycles. The molecule has 2 heteroatoms. The number of methoxy groups -OCH3 is 1. The minimum absolute atomic E-state index is 0.268. The lowest BCUT2D eigenvalue weighted by atomic mass is 10.1. The molecular formula is C9H11O2. The van der Waals surface area contributed by atoms with Crippen LogP contribution in [0, 0.1) is 19.9 Å². The zero-order valence-electron chi connectivity index (χ0n) is 6.93. The number of phenols is 1. The van der Waals surface area contributed by atoms with E-state index in [0.717, 1.165) is 11.1 Å². The van der Waals surface area contributed by atoms with Gasteiger partial charge in [0.25, 0.3) is 0 Å². The predicted molar refractivity (Wildman–Crippen MR) is 43.0 cm³/mol. The summed E-state index contributed by atoms with van der Waals surface area (Å²) in [5, 5.41) is 9.41. The molecular weight excluding hydrogens is 140 g/mol. The first-order valence-corrected chi connectivity index (χ1v) is 3.41. The first-order valence-electron chi connectivity index (χ1n) is 3.41. The molecule has 0 aromatic heterocycles. The lowest BCUT2D eigenvalue weighted by Gasteiger charge is -2.07. The summed E-state index contributed by atoms with van der Waals surface area (Å²) in [7, 11) is 1.57. The molecule has 0 fully saturated rings. The summed E-state index contributed by atoms with van der Waals surface area (Å²) in [6.07, 6.45) is 0. The van der Waals surface area contributed by atoms with E-state index in [4.69, 9.17) is 4.74 Å². The first-order chi connectivity index (χ1) is 5.16. The number of hydrogen-bond acceptors (Lipinski definition) is 2. The monoisotopic (exact) mass is 151 g/mol. The number of benzene rings is 1. The molecule has 0 saturated carbocycles. The number of rotatable bonds is 1. The van der Waals surface area contributed by atoms with Crippen LogP contribution in [0.4, 0.5) is 0 Å². The van der Waals surface area contributed by atoms with Gasteiger partial charge in [-0.05, 0) is 31.5 Å². The molecule has 1 rings (SSSR count). The van der Waals surface area contributed by atoms with Gasteiger partial charge in [-0.25, -0.2) is 0 Å². The molecule has 2 nitrogen and oxygen atoms in total. The third-order valence-electron chi connectivity index (χ3n) is 1.72. The molecule has 0 unspecified atom stereocenters. The first kappa shape index (κ1) is 7.92. The van der Waals surface area contributed by atoms with Gasteiger partial charge >= 0.3 is 0 Å². The predicted octanol–water partition coefficient (Wildman–Crippen LogP) is 1.82. The van der Waals surface area contributed by atoms with E-state index in [1.165, 1.54) is 0 Å². The Labute approximate surface area is 66.4 Å². The molecule has 0 aliphatic rings. The average molecular weight is 151 g/mol.